The molecule has 0 bridgehead atoms. The van der Waals surface area contributed by atoms with Gasteiger partial charge in [-0.3, -0.25) is 9.59 Å². The Morgan fingerprint density at radius 1 is 0.905 bits per heavy atom. The third-order valence-corrected chi connectivity index (χ3v) is 4.40. The van der Waals surface area contributed by atoms with Crippen LogP contribution in [-0.2, 0) is 9.59 Å². The molecule has 0 saturated carbocycles. The molecule has 124 valence electrons. The van der Waals surface area contributed by atoms with E-state index in [4.69, 9.17) is 10.2 Å². The van der Waals surface area contributed by atoms with Gasteiger partial charge in [0.25, 0.3) is 0 Å². The van der Waals surface area contributed by atoms with Crippen molar-refractivity contribution in [2.45, 2.75) is 82.8 Å². The number of hydrogen-bond acceptors (Lipinski definition) is 3. The standard InChI is InChI=1S/C16H30O4S/c1-2-3-4-5-6-7-8-9-10-11-14(21)13(16(19)20)12-15(17)18/h13-14,21H,2-12H2,1H3,(H,17,18)(H,19,20). The van der Waals surface area contributed by atoms with Crippen LogP contribution >= 0.6 is 12.6 Å². The molecule has 0 aromatic heterocycles. The maximum Gasteiger partial charge on any atom is 0.308 e. The summed E-state index contributed by atoms with van der Waals surface area (Å²) in [5, 5.41) is 17.4. The number of carboxylic acid groups (broad SMARTS) is 2. The predicted molar refractivity (Wildman–Crippen MR) is 88.0 cm³/mol. The van der Waals surface area contributed by atoms with Crippen molar-refractivity contribution in [3.8, 4) is 0 Å². The Morgan fingerprint density at radius 3 is 1.81 bits per heavy atom. The molecule has 21 heavy (non-hydrogen) atoms. The lowest BCUT2D eigenvalue weighted by molar-refractivity contribution is -0.148. The Balaban J connectivity index is 3.65. The molecule has 0 fully saturated rings. The lowest BCUT2D eigenvalue weighted by atomic mass is 9.96. The Morgan fingerprint density at radius 2 is 1.38 bits per heavy atom. The zero-order chi connectivity index (χ0) is 16.1. The van der Waals surface area contributed by atoms with Crippen LogP contribution in [0.15, 0.2) is 0 Å². The van der Waals surface area contributed by atoms with Gasteiger partial charge in [0.2, 0.25) is 0 Å². The average molecular weight is 318 g/mol. The quantitative estimate of drug-likeness (QED) is 0.328. The smallest absolute Gasteiger partial charge is 0.308 e. The van der Waals surface area contributed by atoms with E-state index in [1.54, 1.807) is 0 Å². The third-order valence-electron chi connectivity index (χ3n) is 3.78. The van der Waals surface area contributed by atoms with Crippen LogP contribution in [-0.4, -0.2) is 27.4 Å². The van der Waals surface area contributed by atoms with Gasteiger partial charge in [-0.1, -0.05) is 64.7 Å². The molecule has 0 aromatic rings. The highest BCUT2D eigenvalue weighted by Crippen LogP contribution is 2.21. The summed E-state index contributed by atoms with van der Waals surface area (Å²) in [6.07, 6.45) is 11.2. The highest BCUT2D eigenvalue weighted by molar-refractivity contribution is 7.81. The lowest BCUT2D eigenvalue weighted by Gasteiger charge is -2.17. The summed E-state index contributed by atoms with van der Waals surface area (Å²) in [5.74, 6) is -3.03. The van der Waals surface area contributed by atoms with Crippen molar-refractivity contribution in [1.82, 2.24) is 0 Å². The van der Waals surface area contributed by atoms with Crippen LogP contribution in [0.4, 0.5) is 0 Å². The Labute approximate surface area is 133 Å². The molecule has 0 heterocycles. The van der Waals surface area contributed by atoms with Crippen molar-refractivity contribution in [2.24, 2.45) is 5.92 Å². The molecule has 0 radical (unpaired) electrons. The SMILES string of the molecule is CCCCCCCCCCCC(S)C(CC(=O)O)C(=O)O. The molecule has 0 spiro atoms. The van der Waals surface area contributed by atoms with E-state index < -0.39 is 17.9 Å². The normalized spacial score (nSPS) is 13.8. The van der Waals surface area contributed by atoms with Crippen LogP contribution in [0.2, 0.25) is 0 Å². The summed E-state index contributed by atoms with van der Waals surface area (Å²) in [6, 6.07) is 0. The van der Waals surface area contributed by atoms with Gasteiger partial charge in [-0.25, -0.2) is 0 Å². The maximum atomic E-state index is 11.0. The maximum absolute atomic E-state index is 11.0. The predicted octanol–water partition coefficient (Wildman–Crippen LogP) is 4.38. The fraction of sp³-hybridized carbons (Fsp3) is 0.875. The zero-order valence-corrected chi connectivity index (χ0v) is 14.0. The van der Waals surface area contributed by atoms with E-state index in [0.29, 0.717) is 6.42 Å². The van der Waals surface area contributed by atoms with E-state index in [2.05, 4.69) is 19.6 Å². The molecular weight excluding hydrogens is 288 g/mol. The van der Waals surface area contributed by atoms with E-state index in [1.807, 2.05) is 0 Å². The first-order valence-corrected chi connectivity index (χ1v) is 8.63. The molecule has 0 aliphatic carbocycles. The topological polar surface area (TPSA) is 74.6 Å². The van der Waals surface area contributed by atoms with Crippen molar-refractivity contribution in [1.29, 1.82) is 0 Å². The fourth-order valence-corrected chi connectivity index (χ4v) is 2.86. The first-order valence-electron chi connectivity index (χ1n) is 8.11. The van der Waals surface area contributed by atoms with Crippen molar-refractivity contribution in [3.05, 3.63) is 0 Å². The van der Waals surface area contributed by atoms with Crippen LogP contribution in [0.1, 0.15) is 77.6 Å². The Hall–Kier alpha value is -0.710. The molecule has 0 rings (SSSR count). The van der Waals surface area contributed by atoms with Crippen LogP contribution in [0.5, 0.6) is 0 Å². The van der Waals surface area contributed by atoms with Crippen LogP contribution in [0.3, 0.4) is 0 Å². The monoisotopic (exact) mass is 318 g/mol. The molecule has 0 aliphatic heterocycles. The molecule has 0 aromatic carbocycles. The van der Waals surface area contributed by atoms with Gasteiger partial charge in [-0.15, -0.1) is 0 Å². The second-order valence-corrected chi connectivity index (χ2v) is 6.39. The fourth-order valence-electron chi connectivity index (χ4n) is 2.44. The van der Waals surface area contributed by atoms with Crippen LogP contribution < -0.4 is 0 Å². The van der Waals surface area contributed by atoms with Gasteiger partial charge in [0.1, 0.15) is 0 Å². The van der Waals surface area contributed by atoms with E-state index >= 15 is 0 Å². The number of hydrogen-bond donors (Lipinski definition) is 3. The molecule has 0 aliphatic rings. The van der Waals surface area contributed by atoms with Crippen molar-refractivity contribution in [2.75, 3.05) is 0 Å². The van der Waals surface area contributed by atoms with E-state index in [-0.39, 0.29) is 11.7 Å². The number of unbranched alkanes of at least 4 members (excludes halogenated alkanes) is 8. The first kappa shape index (κ1) is 20.3. The molecule has 2 N–H and O–H groups in total. The zero-order valence-electron chi connectivity index (χ0n) is 13.1. The minimum absolute atomic E-state index is 0.346. The number of thiol groups is 1. The number of carbonyl (C=O) groups is 2. The second kappa shape index (κ2) is 13.0. The van der Waals surface area contributed by atoms with E-state index in [9.17, 15) is 9.59 Å². The molecule has 2 unspecified atom stereocenters. The van der Waals surface area contributed by atoms with Crippen molar-refractivity contribution in [3.63, 3.8) is 0 Å². The highest BCUT2D eigenvalue weighted by Gasteiger charge is 2.27. The number of rotatable bonds is 14. The minimum Gasteiger partial charge on any atom is -0.481 e. The average Bonchev–Trinajstić information content (AvgIpc) is 2.42. The summed E-state index contributed by atoms with van der Waals surface area (Å²) in [5.41, 5.74) is 0. The Kier molecular flexibility index (Phi) is 12.5. The van der Waals surface area contributed by atoms with E-state index in [1.165, 1.54) is 44.9 Å². The number of aliphatic carboxylic acids is 2. The first-order chi connectivity index (χ1) is 9.99. The Bertz CT molecular complexity index is 294. The van der Waals surface area contributed by atoms with Gasteiger partial charge in [0.05, 0.1) is 12.3 Å². The summed E-state index contributed by atoms with van der Waals surface area (Å²) in [4.78, 5) is 21.7. The lowest BCUT2D eigenvalue weighted by Crippen LogP contribution is -2.27. The van der Waals surface area contributed by atoms with Gasteiger partial charge in [0, 0.05) is 5.25 Å². The molecule has 4 nitrogen and oxygen atoms in total. The molecule has 0 saturated heterocycles. The number of carboxylic acids is 2. The molecule has 0 amide bonds. The highest BCUT2D eigenvalue weighted by atomic mass is 32.1. The second-order valence-electron chi connectivity index (χ2n) is 5.73. The van der Waals surface area contributed by atoms with Crippen molar-refractivity contribution >= 4 is 24.6 Å². The van der Waals surface area contributed by atoms with Gasteiger partial charge in [-0.05, 0) is 6.42 Å². The summed E-state index contributed by atoms with van der Waals surface area (Å²) >= 11 is 4.28. The van der Waals surface area contributed by atoms with Crippen LogP contribution in [0.25, 0.3) is 0 Å². The summed E-state index contributed by atoms with van der Waals surface area (Å²) in [6.45, 7) is 2.21. The van der Waals surface area contributed by atoms with E-state index in [0.717, 1.165) is 12.8 Å². The molecular formula is C16H30O4S. The summed E-state index contributed by atoms with van der Waals surface area (Å²) in [7, 11) is 0. The molecule has 2 atom stereocenters. The van der Waals surface area contributed by atoms with Gasteiger partial charge < -0.3 is 10.2 Å². The van der Waals surface area contributed by atoms with Gasteiger partial charge >= 0.3 is 11.9 Å². The summed E-state index contributed by atoms with van der Waals surface area (Å²) < 4.78 is 0. The van der Waals surface area contributed by atoms with Crippen LogP contribution in [0, 0.1) is 5.92 Å². The largest absolute Gasteiger partial charge is 0.481 e. The minimum atomic E-state index is -1.08. The van der Waals surface area contributed by atoms with Gasteiger partial charge in [-0.2, -0.15) is 12.6 Å². The molecule has 5 heteroatoms. The van der Waals surface area contributed by atoms with Gasteiger partial charge in [0.15, 0.2) is 0 Å². The van der Waals surface area contributed by atoms with Crippen molar-refractivity contribution < 1.29 is 19.8 Å². The third kappa shape index (κ3) is 11.6.